The number of hydrogen-bond acceptors (Lipinski definition) is 6. The van der Waals surface area contributed by atoms with Crippen LogP contribution in [0.4, 0.5) is 5.69 Å². The van der Waals surface area contributed by atoms with E-state index in [2.05, 4.69) is 15.5 Å². The summed E-state index contributed by atoms with van der Waals surface area (Å²) in [6, 6.07) is 5.45. The molecule has 2 aromatic rings. The van der Waals surface area contributed by atoms with Gasteiger partial charge in [-0.1, -0.05) is 11.6 Å². The molecule has 114 valence electrons. The molecule has 0 amide bonds. The summed E-state index contributed by atoms with van der Waals surface area (Å²) in [5.74, 6) is 0.830. The lowest BCUT2D eigenvalue weighted by molar-refractivity contribution is 0.105. The van der Waals surface area contributed by atoms with Gasteiger partial charge in [-0.3, -0.25) is 0 Å². The highest BCUT2D eigenvalue weighted by molar-refractivity contribution is 7.99. The average Bonchev–Trinajstić information content (AvgIpc) is 2.79. The van der Waals surface area contributed by atoms with Gasteiger partial charge in [0.25, 0.3) is 0 Å². The molecule has 0 saturated carbocycles. The van der Waals surface area contributed by atoms with Gasteiger partial charge in [0.2, 0.25) is 0 Å². The summed E-state index contributed by atoms with van der Waals surface area (Å²) in [4.78, 5) is 0.917. The third-order valence-electron chi connectivity index (χ3n) is 2.93. The van der Waals surface area contributed by atoms with Crippen molar-refractivity contribution in [2.24, 2.45) is 7.05 Å². The number of nitrogens with zero attached hydrogens (tertiary/aromatic N) is 3. The molecule has 0 bridgehead atoms. The number of aromatic nitrogens is 3. The van der Waals surface area contributed by atoms with Gasteiger partial charge in [-0.05, 0) is 36.9 Å². The van der Waals surface area contributed by atoms with Crippen LogP contribution in [-0.2, 0) is 7.05 Å². The summed E-state index contributed by atoms with van der Waals surface area (Å²) in [6.07, 6.45) is -0.820. The predicted octanol–water partition coefficient (Wildman–Crippen LogP) is 1.69. The van der Waals surface area contributed by atoms with Gasteiger partial charge >= 0.3 is 0 Å². The second kappa shape index (κ2) is 7.13. The van der Waals surface area contributed by atoms with Gasteiger partial charge in [0.05, 0.1) is 12.7 Å². The largest absolute Gasteiger partial charge is 0.394 e. The number of aliphatic hydroxyl groups is 2. The number of hydrogen-bond donors (Lipinski definition) is 3. The van der Waals surface area contributed by atoms with Crippen LogP contribution in [0.15, 0.2) is 28.3 Å². The maximum Gasteiger partial charge on any atom is 0.195 e. The van der Waals surface area contributed by atoms with Crippen molar-refractivity contribution in [3.05, 3.63) is 29.0 Å². The normalized spacial score (nSPS) is 12.4. The molecular formula is C13H17ClN4O2S. The van der Waals surface area contributed by atoms with Crippen LogP contribution >= 0.6 is 23.4 Å². The average molecular weight is 329 g/mol. The lowest BCUT2D eigenvalue weighted by Crippen LogP contribution is -2.23. The van der Waals surface area contributed by atoms with Crippen LogP contribution in [0.3, 0.4) is 0 Å². The highest BCUT2D eigenvalue weighted by atomic mass is 35.5. The molecular weight excluding hydrogens is 312 g/mol. The van der Waals surface area contributed by atoms with Crippen LogP contribution in [0.2, 0.25) is 5.02 Å². The first kappa shape index (κ1) is 16.1. The molecule has 0 aliphatic rings. The molecule has 0 fully saturated rings. The van der Waals surface area contributed by atoms with Gasteiger partial charge in [0.15, 0.2) is 5.16 Å². The first-order valence-electron chi connectivity index (χ1n) is 6.37. The Kier molecular flexibility index (Phi) is 5.46. The summed E-state index contributed by atoms with van der Waals surface area (Å²) < 4.78 is 1.89. The molecule has 1 aromatic carbocycles. The second-order valence-electron chi connectivity index (χ2n) is 4.55. The van der Waals surface area contributed by atoms with E-state index >= 15 is 0 Å². The van der Waals surface area contributed by atoms with Gasteiger partial charge < -0.3 is 20.1 Å². The second-order valence-corrected chi connectivity index (χ2v) is 5.99. The zero-order chi connectivity index (χ0) is 15.4. The molecule has 21 heavy (non-hydrogen) atoms. The van der Waals surface area contributed by atoms with Crippen molar-refractivity contribution in [2.45, 2.75) is 23.1 Å². The van der Waals surface area contributed by atoms with E-state index in [1.807, 2.05) is 24.6 Å². The van der Waals surface area contributed by atoms with Gasteiger partial charge in [0.1, 0.15) is 5.82 Å². The van der Waals surface area contributed by atoms with E-state index in [0.29, 0.717) is 5.02 Å². The number of aliphatic hydroxyl groups excluding tert-OH is 2. The summed E-state index contributed by atoms with van der Waals surface area (Å²) in [5, 5.41) is 30.9. The Morgan fingerprint density at radius 3 is 2.81 bits per heavy atom. The maximum atomic E-state index is 9.44. The quantitative estimate of drug-likeness (QED) is 0.748. The molecule has 0 aliphatic heterocycles. The number of aryl methyl sites for hydroxylation is 1. The van der Waals surface area contributed by atoms with Crippen molar-refractivity contribution in [3.63, 3.8) is 0 Å². The van der Waals surface area contributed by atoms with Crippen LogP contribution in [0.1, 0.15) is 5.82 Å². The van der Waals surface area contributed by atoms with Gasteiger partial charge in [0, 0.05) is 29.2 Å². The summed E-state index contributed by atoms with van der Waals surface area (Å²) >= 11 is 7.46. The number of nitrogens with one attached hydrogen (secondary N) is 1. The topological polar surface area (TPSA) is 83.2 Å². The van der Waals surface area contributed by atoms with E-state index in [1.165, 1.54) is 11.8 Å². The Morgan fingerprint density at radius 1 is 1.43 bits per heavy atom. The van der Waals surface area contributed by atoms with Crippen LogP contribution in [0, 0.1) is 6.92 Å². The number of halogens is 1. The van der Waals surface area contributed by atoms with E-state index in [-0.39, 0.29) is 13.2 Å². The lowest BCUT2D eigenvalue weighted by atomic mass is 10.3. The van der Waals surface area contributed by atoms with Crippen LogP contribution < -0.4 is 5.32 Å². The van der Waals surface area contributed by atoms with Crippen molar-refractivity contribution in [1.82, 2.24) is 14.8 Å². The van der Waals surface area contributed by atoms with E-state index < -0.39 is 6.10 Å². The molecule has 0 aliphatic carbocycles. The molecule has 1 unspecified atom stereocenters. The third kappa shape index (κ3) is 4.10. The minimum absolute atomic E-state index is 0.238. The smallest absolute Gasteiger partial charge is 0.195 e. The molecule has 2 rings (SSSR count). The monoisotopic (exact) mass is 328 g/mol. The van der Waals surface area contributed by atoms with Gasteiger partial charge in [-0.15, -0.1) is 10.2 Å². The molecule has 6 nitrogen and oxygen atoms in total. The van der Waals surface area contributed by atoms with E-state index in [0.717, 1.165) is 21.6 Å². The van der Waals surface area contributed by atoms with Crippen LogP contribution in [0.25, 0.3) is 0 Å². The molecule has 0 saturated heterocycles. The molecule has 3 N–H and O–H groups in total. The fourth-order valence-electron chi connectivity index (χ4n) is 1.60. The van der Waals surface area contributed by atoms with Crippen LogP contribution in [-0.4, -0.2) is 44.2 Å². The van der Waals surface area contributed by atoms with E-state index in [9.17, 15) is 5.11 Å². The fourth-order valence-corrected chi connectivity index (χ4v) is 2.69. The Hall–Kier alpha value is -1.28. The van der Waals surface area contributed by atoms with Crippen molar-refractivity contribution >= 4 is 29.1 Å². The Balaban J connectivity index is 2.20. The number of benzene rings is 1. The molecule has 1 atom stereocenters. The first-order valence-corrected chi connectivity index (χ1v) is 7.57. The van der Waals surface area contributed by atoms with Gasteiger partial charge in [-0.25, -0.2) is 0 Å². The summed E-state index contributed by atoms with van der Waals surface area (Å²) in [7, 11) is 1.90. The predicted molar refractivity (Wildman–Crippen MR) is 82.9 cm³/mol. The fraction of sp³-hybridized carbons (Fsp3) is 0.385. The van der Waals surface area contributed by atoms with Crippen molar-refractivity contribution in [1.29, 1.82) is 0 Å². The Morgan fingerprint density at radius 2 is 2.19 bits per heavy atom. The maximum absolute atomic E-state index is 9.44. The minimum atomic E-state index is -0.820. The Labute approximate surface area is 132 Å². The van der Waals surface area contributed by atoms with Crippen molar-refractivity contribution in [2.75, 3.05) is 18.5 Å². The van der Waals surface area contributed by atoms with Crippen molar-refractivity contribution < 1.29 is 10.2 Å². The SMILES string of the molecule is Cc1nnc(Sc2ccc(Cl)cc2NCC(O)CO)n1C. The highest BCUT2D eigenvalue weighted by Crippen LogP contribution is 2.34. The minimum Gasteiger partial charge on any atom is -0.394 e. The van der Waals surface area contributed by atoms with Crippen molar-refractivity contribution in [3.8, 4) is 0 Å². The first-order chi connectivity index (χ1) is 10.0. The highest BCUT2D eigenvalue weighted by Gasteiger charge is 2.12. The van der Waals surface area contributed by atoms with Crippen LogP contribution in [0.5, 0.6) is 0 Å². The van der Waals surface area contributed by atoms with Gasteiger partial charge in [-0.2, -0.15) is 0 Å². The zero-order valence-corrected chi connectivity index (χ0v) is 13.3. The Bertz CT molecular complexity index is 620. The van der Waals surface area contributed by atoms with E-state index in [4.69, 9.17) is 16.7 Å². The zero-order valence-electron chi connectivity index (χ0n) is 11.7. The molecule has 8 heteroatoms. The number of rotatable bonds is 6. The van der Waals surface area contributed by atoms with E-state index in [1.54, 1.807) is 12.1 Å². The number of anilines is 1. The summed E-state index contributed by atoms with van der Waals surface area (Å²) in [6.45, 7) is 1.83. The molecule has 1 heterocycles. The third-order valence-corrected chi connectivity index (χ3v) is 4.28. The standard InChI is InChI=1S/C13H17ClN4O2S/c1-8-16-17-13(18(8)2)21-12-4-3-9(14)5-11(12)15-6-10(20)7-19/h3-5,10,15,19-20H,6-7H2,1-2H3. The lowest BCUT2D eigenvalue weighted by Gasteiger charge is -2.14. The summed E-state index contributed by atoms with van der Waals surface area (Å²) in [5.41, 5.74) is 0.778. The molecule has 0 radical (unpaired) electrons. The molecule has 0 spiro atoms. The molecule has 1 aromatic heterocycles.